The van der Waals surface area contributed by atoms with Gasteiger partial charge >= 0.3 is 0 Å². The van der Waals surface area contributed by atoms with E-state index >= 15 is 0 Å². The van der Waals surface area contributed by atoms with E-state index in [0.717, 1.165) is 32.7 Å². The van der Waals surface area contributed by atoms with Crippen molar-refractivity contribution >= 4 is 18.1 Å². The number of benzene rings is 1. The third-order valence-corrected chi connectivity index (χ3v) is 2.63. The Bertz CT molecular complexity index is 301. The highest BCUT2D eigenvalue weighted by atomic mass is 35.5. The van der Waals surface area contributed by atoms with Crippen LogP contribution in [0.25, 0.3) is 0 Å². The van der Waals surface area contributed by atoms with Crippen LogP contribution in [0.15, 0.2) is 24.3 Å². The molecule has 1 aromatic carbocycles. The van der Waals surface area contributed by atoms with Crippen molar-refractivity contribution in [3.63, 3.8) is 0 Å². The van der Waals surface area contributed by atoms with Crippen LogP contribution in [0.5, 0.6) is 0 Å². The summed E-state index contributed by atoms with van der Waals surface area (Å²) in [6.45, 7) is 5.63. The van der Waals surface area contributed by atoms with E-state index in [2.05, 4.69) is 48.6 Å². The Balaban J connectivity index is 0.00000289. The molecule has 0 radical (unpaired) electrons. The van der Waals surface area contributed by atoms with Gasteiger partial charge in [-0.15, -0.1) is 12.4 Å². The summed E-state index contributed by atoms with van der Waals surface area (Å²) in [7, 11) is 4.11. The lowest BCUT2D eigenvalue weighted by Gasteiger charge is -2.12. The maximum absolute atomic E-state index is 5.28. The highest BCUT2D eigenvalue weighted by molar-refractivity contribution is 5.85. The van der Waals surface area contributed by atoms with Crippen molar-refractivity contribution in [2.45, 2.75) is 19.9 Å². The third kappa shape index (κ3) is 6.84. The minimum Gasteiger partial charge on any atom is -0.382 e. The van der Waals surface area contributed by atoms with Crippen molar-refractivity contribution in [3.8, 4) is 0 Å². The van der Waals surface area contributed by atoms with Crippen molar-refractivity contribution in [1.29, 1.82) is 0 Å². The zero-order valence-electron chi connectivity index (χ0n) is 11.6. The Hall–Kier alpha value is -0.770. The number of ether oxygens (including phenoxy) is 1. The van der Waals surface area contributed by atoms with Gasteiger partial charge in [0.05, 0.1) is 0 Å². The molecule has 0 aliphatic heterocycles. The number of halogens is 1. The van der Waals surface area contributed by atoms with Crippen LogP contribution in [-0.4, -0.2) is 33.9 Å². The van der Waals surface area contributed by atoms with Crippen molar-refractivity contribution < 1.29 is 4.74 Å². The SMILES string of the molecule is CCOCCCNCc1ccc(N(C)C)cc1.Cl. The van der Waals surface area contributed by atoms with Crippen LogP contribution >= 0.6 is 12.4 Å². The summed E-state index contributed by atoms with van der Waals surface area (Å²) in [5.74, 6) is 0. The topological polar surface area (TPSA) is 24.5 Å². The van der Waals surface area contributed by atoms with Gasteiger partial charge in [0.2, 0.25) is 0 Å². The van der Waals surface area contributed by atoms with Gasteiger partial charge in [-0.2, -0.15) is 0 Å². The van der Waals surface area contributed by atoms with E-state index in [1.165, 1.54) is 11.3 Å². The molecule has 0 unspecified atom stereocenters. The van der Waals surface area contributed by atoms with Gasteiger partial charge in [-0.1, -0.05) is 12.1 Å². The van der Waals surface area contributed by atoms with E-state index in [-0.39, 0.29) is 12.4 Å². The summed E-state index contributed by atoms with van der Waals surface area (Å²) >= 11 is 0. The quantitative estimate of drug-likeness (QED) is 0.737. The number of rotatable bonds is 8. The lowest BCUT2D eigenvalue weighted by Crippen LogP contribution is -2.16. The second-order valence-corrected chi connectivity index (χ2v) is 4.29. The molecule has 0 atom stereocenters. The van der Waals surface area contributed by atoms with Crippen molar-refractivity contribution in [1.82, 2.24) is 5.32 Å². The zero-order chi connectivity index (χ0) is 12.5. The van der Waals surface area contributed by atoms with Gasteiger partial charge in [-0.05, 0) is 37.6 Å². The maximum Gasteiger partial charge on any atom is 0.0477 e. The molecule has 0 amide bonds. The van der Waals surface area contributed by atoms with Crippen LogP contribution in [0, 0.1) is 0 Å². The predicted molar refractivity (Wildman–Crippen MR) is 80.8 cm³/mol. The first-order valence-electron chi connectivity index (χ1n) is 6.28. The summed E-state index contributed by atoms with van der Waals surface area (Å²) in [4.78, 5) is 2.11. The Kier molecular flexibility index (Phi) is 9.74. The van der Waals surface area contributed by atoms with E-state index in [1.54, 1.807) is 0 Å². The van der Waals surface area contributed by atoms with Crippen LogP contribution in [0.2, 0.25) is 0 Å². The van der Waals surface area contributed by atoms with E-state index in [0.29, 0.717) is 0 Å². The summed E-state index contributed by atoms with van der Waals surface area (Å²) in [5.41, 5.74) is 2.57. The van der Waals surface area contributed by atoms with Crippen LogP contribution in [0.1, 0.15) is 18.9 Å². The number of hydrogen-bond acceptors (Lipinski definition) is 3. The summed E-state index contributed by atoms with van der Waals surface area (Å²) < 4.78 is 5.28. The van der Waals surface area contributed by atoms with Gasteiger partial charge in [0.1, 0.15) is 0 Å². The Morgan fingerprint density at radius 3 is 2.39 bits per heavy atom. The van der Waals surface area contributed by atoms with Crippen LogP contribution < -0.4 is 10.2 Å². The normalized spacial score (nSPS) is 9.94. The fourth-order valence-electron chi connectivity index (χ4n) is 1.59. The van der Waals surface area contributed by atoms with Crippen LogP contribution in [0.4, 0.5) is 5.69 Å². The van der Waals surface area contributed by atoms with Gasteiger partial charge in [0.25, 0.3) is 0 Å². The monoisotopic (exact) mass is 272 g/mol. The number of anilines is 1. The van der Waals surface area contributed by atoms with Gasteiger partial charge in [-0.25, -0.2) is 0 Å². The molecule has 0 saturated carbocycles. The molecule has 1 aromatic rings. The number of nitrogens with one attached hydrogen (secondary N) is 1. The van der Waals surface area contributed by atoms with Gasteiger partial charge in [-0.3, -0.25) is 0 Å². The van der Waals surface area contributed by atoms with Crippen molar-refractivity contribution in [2.75, 3.05) is 38.8 Å². The first-order chi connectivity index (χ1) is 8.24. The smallest absolute Gasteiger partial charge is 0.0477 e. The van der Waals surface area contributed by atoms with Gasteiger partial charge < -0.3 is 15.0 Å². The fraction of sp³-hybridized carbons (Fsp3) is 0.571. The molecular formula is C14H25ClN2O. The standard InChI is InChI=1S/C14H24N2O.ClH/c1-4-17-11-5-10-15-12-13-6-8-14(9-7-13)16(2)3;/h6-9,15H,4-5,10-12H2,1-3H3;1H. The molecule has 0 bridgehead atoms. The summed E-state index contributed by atoms with van der Waals surface area (Å²) in [6.07, 6.45) is 1.07. The minimum atomic E-state index is 0. The summed E-state index contributed by atoms with van der Waals surface area (Å²) in [5, 5.41) is 3.42. The second kappa shape index (κ2) is 10.2. The molecule has 0 aliphatic rings. The first-order valence-corrected chi connectivity index (χ1v) is 6.28. The van der Waals surface area contributed by atoms with E-state index in [1.807, 2.05) is 6.92 Å². The van der Waals surface area contributed by atoms with Crippen molar-refractivity contribution in [2.24, 2.45) is 0 Å². The highest BCUT2D eigenvalue weighted by Gasteiger charge is 1.96. The average Bonchev–Trinajstić information content (AvgIpc) is 2.34. The lowest BCUT2D eigenvalue weighted by atomic mass is 10.2. The first kappa shape index (κ1) is 17.2. The Morgan fingerprint density at radius 1 is 1.17 bits per heavy atom. The molecule has 4 heteroatoms. The molecule has 0 aliphatic carbocycles. The fourth-order valence-corrected chi connectivity index (χ4v) is 1.59. The molecule has 1 rings (SSSR count). The van der Waals surface area contributed by atoms with Crippen LogP contribution in [0.3, 0.4) is 0 Å². The lowest BCUT2D eigenvalue weighted by molar-refractivity contribution is 0.144. The average molecular weight is 273 g/mol. The van der Waals surface area contributed by atoms with E-state index < -0.39 is 0 Å². The summed E-state index contributed by atoms with van der Waals surface area (Å²) in [6, 6.07) is 8.64. The van der Waals surface area contributed by atoms with Gasteiger partial charge in [0.15, 0.2) is 0 Å². The number of nitrogens with zero attached hydrogens (tertiary/aromatic N) is 1. The third-order valence-electron chi connectivity index (χ3n) is 2.63. The highest BCUT2D eigenvalue weighted by Crippen LogP contribution is 2.11. The number of hydrogen-bond donors (Lipinski definition) is 1. The van der Waals surface area contributed by atoms with Crippen molar-refractivity contribution in [3.05, 3.63) is 29.8 Å². The Morgan fingerprint density at radius 2 is 1.83 bits per heavy atom. The molecule has 0 spiro atoms. The molecule has 0 heterocycles. The minimum absolute atomic E-state index is 0. The molecule has 0 fully saturated rings. The predicted octanol–water partition coefficient (Wildman–Crippen LogP) is 2.69. The molecule has 104 valence electrons. The molecule has 3 nitrogen and oxygen atoms in total. The van der Waals surface area contributed by atoms with E-state index in [9.17, 15) is 0 Å². The molecule has 0 aromatic heterocycles. The van der Waals surface area contributed by atoms with E-state index in [4.69, 9.17) is 4.74 Å². The molecule has 1 N–H and O–H groups in total. The largest absolute Gasteiger partial charge is 0.382 e. The maximum atomic E-state index is 5.28. The molecule has 18 heavy (non-hydrogen) atoms. The van der Waals surface area contributed by atoms with Gasteiger partial charge in [0, 0.05) is 39.5 Å². The second-order valence-electron chi connectivity index (χ2n) is 4.29. The molecular weight excluding hydrogens is 248 g/mol. The van der Waals surface area contributed by atoms with Crippen LogP contribution in [-0.2, 0) is 11.3 Å². The molecule has 0 saturated heterocycles. The zero-order valence-corrected chi connectivity index (χ0v) is 12.4. The Labute approximate surface area is 117 Å².